The number of ether oxygens (including phenoxy) is 1. The second-order valence-electron chi connectivity index (χ2n) is 7.57. The maximum Gasteiger partial charge on any atom is 0.232 e. The highest BCUT2D eigenvalue weighted by molar-refractivity contribution is 8.00. The zero-order chi connectivity index (χ0) is 22.1. The number of carbonyl (C=O) groups excluding carboxylic acids is 1. The molecular formula is C23H22FN5O2S. The molecule has 7 nitrogen and oxygen atoms in total. The Labute approximate surface area is 188 Å². The van der Waals surface area contributed by atoms with Gasteiger partial charge < -0.3 is 14.6 Å². The molecule has 1 atom stereocenters. The molecule has 0 radical (unpaired) electrons. The van der Waals surface area contributed by atoms with E-state index in [-0.39, 0.29) is 11.6 Å². The number of fused-ring (bicyclic) bond motifs is 1. The SMILES string of the molecule is C[C@H](Sc1nnc(N2CCOCC2)n1-c1cccc(F)c1)C(=O)c1c[nH]c2ccccc12. The van der Waals surface area contributed by atoms with Crippen LogP contribution in [0, 0.1) is 5.82 Å². The fourth-order valence-electron chi connectivity index (χ4n) is 3.85. The molecule has 2 aromatic heterocycles. The van der Waals surface area contributed by atoms with Crippen molar-refractivity contribution >= 4 is 34.4 Å². The lowest BCUT2D eigenvalue weighted by Gasteiger charge is -2.28. The zero-order valence-electron chi connectivity index (χ0n) is 17.5. The number of Topliss-reactive ketones (excluding diaryl/α,β-unsaturated/α-hetero) is 1. The molecule has 1 N–H and O–H groups in total. The first kappa shape index (κ1) is 20.7. The van der Waals surface area contributed by atoms with E-state index >= 15 is 0 Å². The van der Waals surface area contributed by atoms with E-state index in [9.17, 15) is 9.18 Å². The van der Waals surface area contributed by atoms with E-state index in [2.05, 4.69) is 20.1 Å². The molecule has 3 heterocycles. The van der Waals surface area contributed by atoms with Crippen LogP contribution >= 0.6 is 11.8 Å². The minimum absolute atomic E-state index is 0.00540. The van der Waals surface area contributed by atoms with E-state index in [0.717, 1.165) is 10.9 Å². The average Bonchev–Trinajstić information content (AvgIpc) is 3.43. The predicted molar refractivity (Wildman–Crippen MR) is 122 cm³/mol. The summed E-state index contributed by atoms with van der Waals surface area (Å²) in [4.78, 5) is 18.5. The van der Waals surface area contributed by atoms with Crippen LogP contribution in [0.5, 0.6) is 0 Å². The van der Waals surface area contributed by atoms with Crippen LogP contribution in [0.15, 0.2) is 59.9 Å². The molecule has 0 saturated carbocycles. The number of carbonyl (C=O) groups is 1. The highest BCUT2D eigenvalue weighted by Gasteiger charge is 2.26. The summed E-state index contributed by atoms with van der Waals surface area (Å²) in [5.74, 6) is 0.269. The Kier molecular flexibility index (Phi) is 5.67. The number of hydrogen-bond donors (Lipinski definition) is 1. The van der Waals surface area contributed by atoms with E-state index in [1.165, 1.54) is 23.9 Å². The largest absolute Gasteiger partial charge is 0.378 e. The number of rotatable bonds is 6. The van der Waals surface area contributed by atoms with Crippen molar-refractivity contribution in [3.63, 3.8) is 0 Å². The summed E-state index contributed by atoms with van der Waals surface area (Å²) in [6, 6.07) is 14.0. The Morgan fingerprint density at radius 1 is 1.16 bits per heavy atom. The summed E-state index contributed by atoms with van der Waals surface area (Å²) >= 11 is 1.32. The molecule has 0 unspecified atom stereocenters. The van der Waals surface area contributed by atoms with Gasteiger partial charge in [0.15, 0.2) is 10.9 Å². The van der Waals surface area contributed by atoms with Gasteiger partial charge in [0.2, 0.25) is 5.95 Å². The summed E-state index contributed by atoms with van der Waals surface area (Å²) in [6.45, 7) is 4.37. The highest BCUT2D eigenvalue weighted by Crippen LogP contribution is 2.32. The Morgan fingerprint density at radius 3 is 2.78 bits per heavy atom. The highest BCUT2D eigenvalue weighted by atomic mass is 32.2. The lowest BCUT2D eigenvalue weighted by Crippen LogP contribution is -2.37. The monoisotopic (exact) mass is 451 g/mol. The molecule has 1 aliphatic heterocycles. The second kappa shape index (κ2) is 8.76. The molecule has 4 aromatic rings. The molecule has 2 aromatic carbocycles. The van der Waals surface area contributed by atoms with E-state index in [4.69, 9.17) is 4.74 Å². The van der Waals surface area contributed by atoms with Gasteiger partial charge in [-0.15, -0.1) is 10.2 Å². The van der Waals surface area contributed by atoms with Crippen molar-refractivity contribution in [1.29, 1.82) is 0 Å². The third-order valence-corrected chi connectivity index (χ3v) is 6.53. The molecule has 0 aliphatic carbocycles. The number of nitrogens with zero attached hydrogens (tertiary/aromatic N) is 4. The number of thioether (sulfide) groups is 1. The van der Waals surface area contributed by atoms with Crippen LogP contribution in [0.25, 0.3) is 16.6 Å². The van der Waals surface area contributed by atoms with Crippen LogP contribution in [0.1, 0.15) is 17.3 Å². The summed E-state index contributed by atoms with van der Waals surface area (Å²) in [5.41, 5.74) is 2.18. The molecule has 0 amide bonds. The topological polar surface area (TPSA) is 76.0 Å². The lowest BCUT2D eigenvalue weighted by molar-refractivity contribution is 0.0995. The minimum atomic E-state index is -0.414. The van der Waals surface area contributed by atoms with Crippen molar-refractivity contribution in [3.8, 4) is 5.69 Å². The van der Waals surface area contributed by atoms with E-state index in [0.29, 0.717) is 48.7 Å². The predicted octanol–water partition coefficient (Wildman–Crippen LogP) is 4.09. The van der Waals surface area contributed by atoms with E-state index in [1.54, 1.807) is 12.3 Å². The molecule has 164 valence electrons. The molecule has 1 saturated heterocycles. The van der Waals surface area contributed by atoms with Crippen LogP contribution in [0.3, 0.4) is 0 Å². The fraction of sp³-hybridized carbons (Fsp3) is 0.261. The van der Waals surface area contributed by atoms with Gasteiger partial charge in [0.1, 0.15) is 5.82 Å². The fourth-order valence-corrected chi connectivity index (χ4v) is 4.78. The smallest absolute Gasteiger partial charge is 0.232 e. The Bertz CT molecular complexity index is 1260. The van der Waals surface area contributed by atoms with Crippen molar-refractivity contribution in [2.24, 2.45) is 0 Å². The molecule has 5 rings (SSSR count). The number of halogens is 1. The van der Waals surface area contributed by atoms with Gasteiger partial charge in [0, 0.05) is 35.8 Å². The molecule has 0 bridgehead atoms. The quantitative estimate of drug-likeness (QED) is 0.352. The number of aromatic nitrogens is 4. The van der Waals surface area contributed by atoms with Crippen LogP contribution < -0.4 is 4.90 Å². The normalized spacial score (nSPS) is 15.2. The maximum absolute atomic E-state index is 14.0. The zero-order valence-corrected chi connectivity index (χ0v) is 18.3. The first-order valence-electron chi connectivity index (χ1n) is 10.4. The number of para-hydroxylation sites is 1. The first-order chi connectivity index (χ1) is 15.6. The van der Waals surface area contributed by atoms with Crippen molar-refractivity contribution in [3.05, 3.63) is 66.1 Å². The Balaban J connectivity index is 1.48. The van der Waals surface area contributed by atoms with Crippen molar-refractivity contribution in [2.45, 2.75) is 17.3 Å². The number of aromatic amines is 1. The molecule has 1 fully saturated rings. The molecule has 0 spiro atoms. The van der Waals surface area contributed by atoms with Gasteiger partial charge in [-0.2, -0.15) is 0 Å². The first-order valence-corrected chi connectivity index (χ1v) is 11.3. The summed E-state index contributed by atoms with van der Waals surface area (Å²) in [5, 5.41) is 9.79. The van der Waals surface area contributed by atoms with Gasteiger partial charge >= 0.3 is 0 Å². The second-order valence-corrected chi connectivity index (χ2v) is 8.88. The van der Waals surface area contributed by atoms with Gasteiger partial charge in [0.25, 0.3) is 0 Å². The number of hydrogen-bond acceptors (Lipinski definition) is 6. The molecule has 32 heavy (non-hydrogen) atoms. The molecule has 1 aliphatic rings. The Hall–Kier alpha value is -3.17. The van der Waals surface area contributed by atoms with Gasteiger partial charge in [-0.1, -0.05) is 36.0 Å². The van der Waals surface area contributed by atoms with E-state index < -0.39 is 5.25 Å². The van der Waals surface area contributed by atoms with Gasteiger partial charge in [-0.3, -0.25) is 9.36 Å². The van der Waals surface area contributed by atoms with Crippen LogP contribution in [0.4, 0.5) is 10.3 Å². The summed E-state index contributed by atoms with van der Waals surface area (Å²) in [6.07, 6.45) is 1.75. The number of nitrogens with one attached hydrogen (secondary N) is 1. The van der Waals surface area contributed by atoms with E-state index in [1.807, 2.05) is 41.8 Å². The van der Waals surface area contributed by atoms with Gasteiger partial charge in [-0.25, -0.2) is 4.39 Å². The Morgan fingerprint density at radius 2 is 1.97 bits per heavy atom. The number of morpholine rings is 1. The summed E-state index contributed by atoms with van der Waals surface area (Å²) in [7, 11) is 0. The standard InChI is InChI=1S/C23H22FN5O2S/c1-15(21(30)19-14-25-20-8-3-2-7-18(19)20)32-23-27-26-22(28-9-11-31-12-10-28)29(23)17-6-4-5-16(24)13-17/h2-8,13-15,25H,9-12H2,1H3/t15-/m0/s1. The van der Waals surface area contributed by atoms with Gasteiger partial charge in [0.05, 0.1) is 24.2 Å². The summed E-state index contributed by atoms with van der Waals surface area (Å²) < 4.78 is 21.3. The average molecular weight is 452 g/mol. The van der Waals surface area contributed by atoms with Crippen LogP contribution in [-0.4, -0.2) is 57.1 Å². The van der Waals surface area contributed by atoms with Crippen LogP contribution in [0.2, 0.25) is 0 Å². The number of H-pyrrole nitrogens is 1. The van der Waals surface area contributed by atoms with Crippen molar-refractivity contribution in [1.82, 2.24) is 19.7 Å². The molecular weight excluding hydrogens is 429 g/mol. The third-order valence-electron chi connectivity index (χ3n) is 5.48. The number of benzene rings is 2. The maximum atomic E-state index is 14.0. The molecule has 9 heteroatoms. The third kappa shape index (κ3) is 3.89. The van der Waals surface area contributed by atoms with Crippen molar-refractivity contribution in [2.75, 3.05) is 31.2 Å². The van der Waals surface area contributed by atoms with Crippen LogP contribution in [-0.2, 0) is 4.74 Å². The number of ketones is 1. The lowest BCUT2D eigenvalue weighted by atomic mass is 10.1. The van der Waals surface area contributed by atoms with Crippen molar-refractivity contribution < 1.29 is 13.9 Å². The minimum Gasteiger partial charge on any atom is -0.378 e. The number of anilines is 1. The van der Waals surface area contributed by atoms with Gasteiger partial charge in [-0.05, 0) is 31.2 Å².